The van der Waals surface area contributed by atoms with Crippen molar-refractivity contribution in [2.75, 3.05) is 44.2 Å². The molecule has 0 bridgehead atoms. The first kappa shape index (κ1) is 23.0. The number of carbonyl (C=O) groups excluding carboxylic acids is 1. The van der Waals surface area contributed by atoms with Crippen molar-refractivity contribution in [3.05, 3.63) is 66.2 Å². The number of amides is 1. The third-order valence-corrected chi connectivity index (χ3v) is 4.74. The summed E-state index contributed by atoms with van der Waals surface area (Å²) in [5.41, 5.74) is 2.34. The smallest absolute Gasteiger partial charge is 0.242 e. The van der Waals surface area contributed by atoms with Gasteiger partial charge in [0.15, 0.2) is 5.96 Å². The fraction of sp³-hybridized carbons (Fsp3) is 0.364. The lowest BCUT2D eigenvalue weighted by Crippen LogP contribution is -2.52. The molecule has 0 atom stereocenters. The molecule has 1 heterocycles. The highest BCUT2D eigenvalue weighted by Gasteiger charge is 2.19. The number of anilines is 1. The Morgan fingerprint density at radius 2 is 1.55 bits per heavy atom. The van der Waals surface area contributed by atoms with Crippen LogP contribution in [-0.2, 0) is 11.3 Å². The van der Waals surface area contributed by atoms with Crippen molar-refractivity contribution in [1.82, 2.24) is 15.5 Å². The Morgan fingerprint density at radius 1 is 0.931 bits per heavy atom. The highest BCUT2D eigenvalue weighted by atomic mass is 127. The minimum atomic E-state index is -0.0674. The number of hydrogen-bond donors (Lipinski definition) is 2. The van der Waals surface area contributed by atoms with E-state index in [2.05, 4.69) is 49.7 Å². The van der Waals surface area contributed by atoms with Crippen molar-refractivity contribution in [3.8, 4) is 0 Å². The molecule has 1 aliphatic rings. The van der Waals surface area contributed by atoms with E-state index in [-0.39, 0.29) is 36.4 Å². The fourth-order valence-electron chi connectivity index (χ4n) is 3.24. The second kappa shape index (κ2) is 12.3. The van der Waals surface area contributed by atoms with Crippen molar-refractivity contribution in [2.24, 2.45) is 4.99 Å². The molecule has 156 valence electrons. The molecule has 0 aliphatic carbocycles. The van der Waals surface area contributed by atoms with Crippen molar-refractivity contribution in [2.45, 2.75) is 13.5 Å². The first-order valence-corrected chi connectivity index (χ1v) is 9.90. The van der Waals surface area contributed by atoms with E-state index in [9.17, 15) is 4.79 Å². The molecule has 2 aromatic rings. The molecule has 0 saturated carbocycles. The van der Waals surface area contributed by atoms with Crippen LogP contribution in [0.2, 0.25) is 0 Å². The number of aliphatic imine (C=N–C) groups is 1. The minimum Gasteiger partial charge on any atom is -0.368 e. The van der Waals surface area contributed by atoms with Gasteiger partial charge in [-0.05, 0) is 24.6 Å². The van der Waals surface area contributed by atoms with Gasteiger partial charge in [-0.2, -0.15) is 0 Å². The van der Waals surface area contributed by atoms with Crippen LogP contribution in [0, 0.1) is 0 Å². The van der Waals surface area contributed by atoms with E-state index < -0.39 is 0 Å². The van der Waals surface area contributed by atoms with Crippen LogP contribution in [0.3, 0.4) is 0 Å². The molecule has 3 rings (SSSR count). The van der Waals surface area contributed by atoms with E-state index in [1.54, 1.807) is 0 Å². The lowest BCUT2D eigenvalue weighted by Gasteiger charge is -2.37. The van der Waals surface area contributed by atoms with Gasteiger partial charge in [0, 0.05) is 45.0 Å². The van der Waals surface area contributed by atoms with Gasteiger partial charge in [-0.25, -0.2) is 4.99 Å². The average Bonchev–Trinajstić information content (AvgIpc) is 2.76. The summed E-state index contributed by atoms with van der Waals surface area (Å²) in [6.45, 7) is 7.13. The molecular weight excluding hydrogens is 477 g/mol. The predicted molar refractivity (Wildman–Crippen MR) is 130 cm³/mol. The van der Waals surface area contributed by atoms with Crippen molar-refractivity contribution in [3.63, 3.8) is 0 Å². The number of carbonyl (C=O) groups is 1. The summed E-state index contributed by atoms with van der Waals surface area (Å²) in [6.07, 6.45) is 0. The Hall–Kier alpha value is -2.29. The zero-order chi connectivity index (χ0) is 19.6. The SMILES string of the molecule is CCNC(=NCC(=O)NCc1ccccc1)N1CCN(c2ccccc2)CC1.I. The first-order valence-electron chi connectivity index (χ1n) is 9.90. The third kappa shape index (κ3) is 7.23. The van der Waals surface area contributed by atoms with Gasteiger partial charge in [-0.3, -0.25) is 4.79 Å². The zero-order valence-electron chi connectivity index (χ0n) is 16.9. The molecule has 29 heavy (non-hydrogen) atoms. The number of rotatable bonds is 6. The number of benzene rings is 2. The molecule has 0 aromatic heterocycles. The summed E-state index contributed by atoms with van der Waals surface area (Å²) >= 11 is 0. The van der Waals surface area contributed by atoms with Crippen LogP contribution in [0.15, 0.2) is 65.7 Å². The van der Waals surface area contributed by atoms with Gasteiger partial charge in [0.2, 0.25) is 5.91 Å². The monoisotopic (exact) mass is 507 g/mol. The van der Waals surface area contributed by atoms with Gasteiger partial charge in [-0.15, -0.1) is 24.0 Å². The normalized spacial score (nSPS) is 14.2. The van der Waals surface area contributed by atoms with E-state index in [1.807, 2.05) is 43.3 Å². The van der Waals surface area contributed by atoms with Gasteiger partial charge in [0.05, 0.1) is 0 Å². The molecule has 7 heteroatoms. The Bertz CT molecular complexity index is 761. The number of hydrogen-bond acceptors (Lipinski definition) is 3. The predicted octanol–water partition coefficient (Wildman–Crippen LogP) is 2.71. The standard InChI is InChI=1S/C22H29N5O.HI/c1-2-23-22(25-18-21(28)24-17-19-9-5-3-6-10-19)27-15-13-26(14-16-27)20-11-7-4-8-12-20;/h3-12H,2,13-18H2,1H3,(H,23,25)(H,24,28);1H. The molecule has 2 N–H and O–H groups in total. The third-order valence-electron chi connectivity index (χ3n) is 4.74. The molecule has 2 aromatic carbocycles. The second-order valence-corrected chi connectivity index (χ2v) is 6.74. The summed E-state index contributed by atoms with van der Waals surface area (Å²) in [5.74, 6) is 0.743. The topological polar surface area (TPSA) is 60.0 Å². The minimum absolute atomic E-state index is 0. The van der Waals surface area contributed by atoms with Gasteiger partial charge in [0.1, 0.15) is 6.54 Å². The van der Waals surface area contributed by atoms with Gasteiger partial charge in [0.25, 0.3) is 0 Å². The molecule has 0 unspecified atom stereocenters. The maximum absolute atomic E-state index is 12.2. The van der Waals surface area contributed by atoms with Crippen molar-refractivity contribution >= 4 is 41.5 Å². The molecule has 0 spiro atoms. The Morgan fingerprint density at radius 3 is 2.17 bits per heavy atom. The second-order valence-electron chi connectivity index (χ2n) is 6.74. The molecule has 1 fully saturated rings. The largest absolute Gasteiger partial charge is 0.368 e. The quantitative estimate of drug-likeness (QED) is 0.359. The molecule has 1 aliphatic heterocycles. The van der Waals surface area contributed by atoms with Crippen molar-refractivity contribution in [1.29, 1.82) is 0 Å². The molecule has 0 radical (unpaired) electrons. The summed E-state index contributed by atoms with van der Waals surface area (Å²) in [6, 6.07) is 20.4. The lowest BCUT2D eigenvalue weighted by atomic mass is 10.2. The van der Waals surface area contributed by atoms with Gasteiger partial charge in [-0.1, -0.05) is 48.5 Å². The Balaban J connectivity index is 0.00000300. The van der Waals surface area contributed by atoms with Gasteiger partial charge < -0.3 is 20.4 Å². The number of nitrogens with zero attached hydrogens (tertiary/aromatic N) is 3. The number of nitrogens with one attached hydrogen (secondary N) is 2. The highest BCUT2D eigenvalue weighted by Crippen LogP contribution is 2.15. The average molecular weight is 507 g/mol. The van der Waals surface area contributed by atoms with Crippen LogP contribution in [0.5, 0.6) is 0 Å². The van der Waals surface area contributed by atoms with Gasteiger partial charge >= 0.3 is 0 Å². The molecular formula is C22H30IN5O. The lowest BCUT2D eigenvalue weighted by molar-refractivity contribution is -0.119. The van der Waals surface area contributed by atoms with Crippen LogP contribution in [0.4, 0.5) is 5.69 Å². The summed E-state index contributed by atoms with van der Waals surface area (Å²) in [5, 5.41) is 6.24. The molecule has 6 nitrogen and oxygen atoms in total. The van der Waals surface area contributed by atoms with Crippen molar-refractivity contribution < 1.29 is 4.79 Å². The van der Waals surface area contributed by atoms with E-state index in [0.717, 1.165) is 44.2 Å². The maximum Gasteiger partial charge on any atom is 0.242 e. The number of para-hydroxylation sites is 1. The number of guanidine groups is 1. The Kier molecular flexibility index (Phi) is 9.76. The summed E-state index contributed by atoms with van der Waals surface area (Å²) < 4.78 is 0. The Labute approximate surface area is 190 Å². The number of piperazine rings is 1. The zero-order valence-corrected chi connectivity index (χ0v) is 19.2. The summed E-state index contributed by atoms with van der Waals surface area (Å²) in [7, 11) is 0. The van der Waals surface area contributed by atoms with Crippen LogP contribution in [-0.4, -0.2) is 56.0 Å². The van der Waals surface area contributed by atoms with E-state index in [4.69, 9.17) is 0 Å². The van der Waals surface area contributed by atoms with Crippen LogP contribution < -0.4 is 15.5 Å². The number of halogens is 1. The van der Waals surface area contributed by atoms with E-state index >= 15 is 0 Å². The van der Waals surface area contributed by atoms with Crippen LogP contribution in [0.25, 0.3) is 0 Å². The maximum atomic E-state index is 12.2. The van der Waals surface area contributed by atoms with Crippen LogP contribution >= 0.6 is 24.0 Å². The summed E-state index contributed by atoms with van der Waals surface area (Å²) in [4.78, 5) is 21.3. The highest BCUT2D eigenvalue weighted by molar-refractivity contribution is 14.0. The van der Waals surface area contributed by atoms with E-state index in [0.29, 0.717) is 6.54 Å². The molecule has 1 amide bonds. The van der Waals surface area contributed by atoms with Crippen LogP contribution in [0.1, 0.15) is 12.5 Å². The molecule has 1 saturated heterocycles. The van der Waals surface area contributed by atoms with E-state index in [1.165, 1.54) is 5.69 Å². The first-order chi connectivity index (χ1) is 13.8. The fourth-order valence-corrected chi connectivity index (χ4v) is 3.24.